The molecule has 102 valence electrons. The summed E-state index contributed by atoms with van der Waals surface area (Å²) >= 11 is 5.86. The molecule has 0 bridgehead atoms. The van der Waals surface area contributed by atoms with Crippen molar-refractivity contribution >= 4 is 32.3 Å². The highest BCUT2D eigenvalue weighted by molar-refractivity contribution is 7.91. The van der Waals surface area contributed by atoms with Crippen LogP contribution in [-0.4, -0.2) is 23.6 Å². The largest absolute Gasteiger partial charge is 0.345 e. The fourth-order valence-corrected chi connectivity index (χ4v) is 3.16. The first-order valence-electron chi connectivity index (χ1n) is 5.56. The van der Waals surface area contributed by atoms with Crippen molar-refractivity contribution in [3.63, 3.8) is 0 Å². The zero-order chi connectivity index (χ0) is 14.3. The summed E-state index contributed by atoms with van der Waals surface area (Å²) in [5.74, 6) is 0. The molecule has 3 rings (SSSR count). The molecule has 0 amide bonds. The Morgan fingerprint density at radius 1 is 1.10 bits per heavy atom. The third kappa shape index (κ3) is 2.10. The van der Waals surface area contributed by atoms with Crippen LogP contribution < -0.4 is 5.56 Å². The lowest BCUT2D eigenvalue weighted by molar-refractivity contribution is 0.587. The molecule has 0 aliphatic carbocycles. The van der Waals surface area contributed by atoms with Gasteiger partial charge in [0.1, 0.15) is 5.03 Å². The number of halogens is 1. The Bertz CT molecular complexity index is 939. The van der Waals surface area contributed by atoms with Gasteiger partial charge in [0, 0.05) is 22.0 Å². The molecule has 8 heteroatoms. The first kappa shape index (κ1) is 12.9. The van der Waals surface area contributed by atoms with E-state index in [0.717, 1.165) is 12.1 Å². The lowest BCUT2D eigenvalue weighted by Gasteiger charge is -1.99. The average Bonchev–Trinajstić information content (AvgIpc) is 2.83. The van der Waals surface area contributed by atoms with Crippen LogP contribution in [0, 0.1) is 0 Å². The van der Waals surface area contributed by atoms with Crippen LogP contribution in [0.1, 0.15) is 0 Å². The molecule has 1 aromatic carbocycles. The highest BCUT2D eigenvalue weighted by Crippen LogP contribution is 2.25. The Morgan fingerprint density at radius 3 is 2.60 bits per heavy atom. The number of nitrogens with one attached hydrogen (secondary N) is 2. The summed E-state index contributed by atoms with van der Waals surface area (Å²) in [4.78, 5) is 13.7. The highest BCUT2D eigenvalue weighted by Gasteiger charge is 2.21. The van der Waals surface area contributed by atoms with Gasteiger partial charge in [-0.3, -0.25) is 4.79 Å². The molecule has 2 heterocycles. The van der Waals surface area contributed by atoms with Gasteiger partial charge in [-0.25, -0.2) is 13.5 Å². The molecule has 3 aromatic rings. The predicted octanol–water partition coefficient (Wildman–Crippen LogP) is 1.74. The average molecular weight is 310 g/mol. The summed E-state index contributed by atoms with van der Waals surface area (Å²) in [6, 6.07) is 8.76. The number of hydrogen-bond acceptors (Lipinski definition) is 4. The molecule has 0 fully saturated rings. The molecule has 20 heavy (non-hydrogen) atoms. The topological polar surface area (TPSA) is 95.7 Å². The lowest BCUT2D eigenvalue weighted by atomic mass is 10.2. The molecule has 0 radical (unpaired) electrons. The second-order valence-electron chi connectivity index (χ2n) is 4.13. The maximum absolute atomic E-state index is 12.4. The van der Waals surface area contributed by atoms with Crippen LogP contribution in [0.5, 0.6) is 0 Å². The molecule has 0 aliphatic heterocycles. The van der Waals surface area contributed by atoms with Gasteiger partial charge in [0.2, 0.25) is 9.84 Å². The molecule has 0 unspecified atom stereocenters. The number of rotatable bonds is 2. The summed E-state index contributed by atoms with van der Waals surface area (Å²) in [5, 5.41) is 6.61. The van der Waals surface area contributed by atoms with Gasteiger partial charge < -0.3 is 4.98 Å². The second-order valence-corrected chi connectivity index (χ2v) is 6.43. The minimum absolute atomic E-state index is 0.00526. The van der Waals surface area contributed by atoms with E-state index in [1.54, 1.807) is 18.2 Å². The van der Waals surface area contributed by atoms with Gasteiger partial charge in [0.05, 0.1) is 0 Å². The van der Waals surface area contributed by atoms with Crippen LogP contribution in [-0.2, 0) is 9.84 Å². The molecule has 0 saturated heterocycles. The Kier molecular flexibility index (Phi) is 2.88. The number of aromatic nitrogens is 3. The van der Waals surface area contributed by atoms with E-state index in [9.17, 15) is 13.2 Å². The molecule has 2 aromatic heterocycles. The molecule has 0 spiro atoms. The number of benzene rings is 1. The van der Waals surface area contributed by atoms with Crippen molar-refractivity contribution in [2.24, 2.45) is 0 Å². The van der Waals surface area contributed by atoms with Crippen LogP contribution in [0.15, 0.2) is 51.2 Å². The number of nitrogens with zero attached hydrogens (tertiary/aromatic N) is 1. The minimum atomic E-state index is -3.81. The number of fused-ring (bicyclic) bond motifs is 1. The van der Waals surface area contributed by atoms with Gasteiger partial charge >= 0.3 is 0 Å². The molecular formula is C12H8ClN3O3S. The maximum Gasteiger partial charge on any atom is 0.264 e. The van der Waals surface area contributed by atoms with E-state index in [1.807, 2.05) is 0 Å². The third-order valence-corrected chi connectivity index (χ3v) is 4.59. The number of aromatic amines is 2. The molecule has 0 aliphatic rings. The minimum Gasteiger partial charge on any atom is -0.345 e. The molecule has 0 saturated carbocycles. The number of sulfone groups is 1. The van der Waals surface area contributed by atoms with Crippen LogP contribution in [0.25, 0.3) is 10.9 Å². The van der Waals surface area contributed by atoms with Gasteiger partial charge in [-0.15, -0.1) is 0 Å². The van der Waals surface area contributed by atoms with Crippen molar-refractivity contribution in [3.8, 4) is 0 Å². The lowest BCUT2D eigenvalue weighted by Crippen LogP contribution is -2.12. The van der Waals surface area contributed by atoms with E-state index in [4.69, 9.17) is 11.6 Å². The van der Waals surface area contributed by atoms with Crippen molar-refractivity contribution in [3.05, 3.63) is 51.8 Å². The van der Waals surface area contributed by atoms with Crippen molar-refractivity contribution in [1.82, 2.24) is 15.2 Å². The van der Waals surface area contributed by atoms with Crippen molar-refractivity contribution in [1.29, 1.82) is 0 Å². The molecule has 6 nitrogen and oxygen atoms in total. The predicted molar refractivity (Wildman–Crippen MR) is 73.6 cm³/mol. The SMILES string of the molecule is O=c1ccc(S(=O)(=O)c2cc3cc(Cl)ccc3[nH]2)n[nH]1. The fourth-order valence-electron chi connectivity index (χ4n) is 1.82. The zero-order valence-electron chi connectivity index (χ0n) is 9.92. The highest BCUT2D eigenvalue weighted by atomic mass is 35.5. The third-order valence-electron chi connectivity index (χ3n) is 2.78. The van der Waals surface area contributed by atoms with E-state index >= 15 is 0 Å². The number of hydrogen-bond donors (Lipinski definition) is 2. The Balaban J connectivity index is 2.18. The Labute approximate surface area is 118 Å². The van der Waals surface area contributed by atoms with E-state index in [0.29, 0.717) is 15.9 Å². The van der Waals surface area contributed by atoms with E-state index in [1.165, 1.54) is 6.07 Å². The van der Waals surface area contributed by atoms with E-state index in [2.05, 4.69) is 15.2 Å². The van der Waals surface area contributed by atoms with Crippen LogP contribution in [0.2, 0.25) is 5.02 Å². The van der Waals surface area contributed by atoms with Gasteiger partial charge in [-0.1, -0.05) is 11.6 Å². The smallest absolute Gasteiger partial charge is 0.264 e. The summed E-state index contributed by atoms with van der Waals surface area (Å²) in [7, 11) is -3.81. The first-order chi connectivity index (χ1) is 9.46. The zero-order valence-corrected chi connectivity index (χ0v) is 11.5. The normalized spacial score (nSPS) is 11.8. The molecule has 2 N–H and O–H groups in total. The van der Waals surface area contributed by atoms with Crippen molar-refractivity contribution < 1.29 is 8.42 Å². The standard InChI is InChI=1S/C12H8ClN3O3S/c13-8-1-2-9-7(5-8)6-12(14-9)20(18,19)11-4-3-10(17)15-16-11/h1-6,14H,(H,15,17). The first-order valence-corrected chi connectivity index (χ1v) is 7.42. The molecular weight excluding hydrogens is 302 g/mol. The van der Waals surface area contributed by atoms with Crippen molar-refractivity contribution in [2.75, 3.05) is 0 Å². The van der Waals surface area contributed by atoms with Crippen molar-refractivity contribution in [2.45, 2.75) is 10.1 Å². The summed E-state index contributed by atoms with van der Waals surface area (Å²) in [6.45, 7) is 0. The fraction of sp³-hybridized carbons (Fsp3) is 0. The van der Waals surface area contributed by atoms with Crippen LogP contribution in [0.4, 0.5) is 0 Å². The quantitative estimate of drug-likeness (QED) is 0.753. The van der Waals surface area contributed by atoms with Gasteiger partial charge in [0.15, 0.2) is 5.03 Å². The van der Waals surface area contributed by atoms with Crippen LogP contribution >= 0.6 is 11.6 Å². The van der Waals surface area contributed by atoms with E-state index < -0.39 is 15.4 Å². The Morgan fingerprint density at radius 2 is 1.90 bits per heavy atom. The summed E-state index contributed by atoms with van der Waals surface area (Å²) in [6.07, 6.45) is 0. The second kappa shape index (κ2) is 4.46. The van der Waals surface area contributed by atoms with Gasteiger partial charge in [0.25, 0.3) is 5.56 Å². The molecule has 0 atom stereocenters. The maximum atomic E-state index is 12.4. The summed E-state index contributed by atoms with van der Waals surface area (Å²) in [5.41, 5.74) is 0.185. The monoisotopic (exact) mass is 309 g/mol. The summed E-state index contributed by atoms with van der Waals surface area (Å²) < 4.78 is 24.7. The van der Waals surface area contributed by atoms with Gasteiger partial charge in [-0.2, -0.15) is 5.10 Å². The van der Waals surface area contributed by atoms with Gasteiger partial charge in [-0.05, 0) is 30.3 Å². The van der Waals surface area contributed by atoms with Crippen LogP contribution in [0.3, 0.4) is 0 Å². The Hall–Kier alpha value is -2.12. The van der Waals surface area contributed by atoms with E-state index in [-0.39, 0.29) is 10.1 Å². The number of H-pyrrole nitrogens is 2.